The van der Waals surface area contributed by atoms with Crippen LogP contribution < -0.4 is 0 Å². The second kappa shape index (κ2) is 5.63. The second-order valence-electron chi connectivity index (χ2n) is 5.44. The molecule has 1 heterocycles. The molecule has 0 amide bonds. The molecule has 1 aromatic carbocycles. The van der Waals surface area contributed by atoms with Gasteiger partial charge in [-0.1, -0.05) is 26.0 Å². The van der Waals surface area contributed by atoms with Crippen molar-refractivity contribution >= 4 is 0 Å². The summed E-state index contributed by atoms with van der Waals surface area (Å²) in [5, 5.41) is 0. The summed E-state index contributed by atoms with van der Waals surface area (Å²) < 4.78 is 12.8. The van der Waals surface area contributed by atoms with E-state index < -0.39 is 0 Å². The molecule has 0 spiro atoms. The van der Waals surface area contributed by atoms with Crippen molar-refractivity contribution in [2.75, 3.05) is 19.6 Å². The maximum absolute atomic E-state index is 12.8. The third-order valence-corrected chi connectivity index (χ3v) is 3.85. The van der Waals surface area contributed by atoms with Crippen molar-refractivity contribution in [2.24, 2.45) is 5.92 Å². The minimum atomic E-state index is -0.146. The van der Waals surface area contributed by atoms with Crippen LogP contribution in [0, 0.1) is 11.7 Å². The number of nitrogens with zero attached hydrogens (tertiary/aromatic N) is 1. The molecular weight excluding hydrogens is 213 g/mol. The van der Waals surface area contributed by atoms with Gasteiger partial charge in [-0.2, -0.15) is 0 Å². The molecule has 0 radical (unpaired) electrons. The molecule has 0 N–H and O–H groups in total. The maximum Gasteiger partial charge on any atom is 0.123 e. The highest BCUT2D eigenvalue weighted by molar-refractivity contribution is 5.20. The van der Waals surface area contributed by atoms with Gasteiger partial charge in [0.05, 0.1) is 0 Å². The molecule has 1 atom stereocenters. The Morgan fingerprint density at radius 3 is 2.41 bits per heavy atom. The summed E-state index contributed by atoms with van der Waals surface area (Å²) in [5.41, 5.74) is 1.24. The van der Waals surface area contributed by atoms with Gasteiger partial charge in [0, 0.05) is 6.54 Å². The van der Waals surface area contributed by atoms with Crippen LogP contribution in [-0.2, 0) is 0 Å². The number of hydrogen-bond acceptors (Lipinski definition) is 1. The fourth-order valence-electron chi connectivity index (χ4n) is 2.53. The lowest BCUT2D eigenvalue weighted by Gasteiger charge is -2.32. The van der Waals surface area contributed by atoms with Crippen LogP contribution in [0.4, 0.5) is 4.39 Å². The molecule has 0 aromatic heterocycles. The lowest BCUT2D eigenvalue weighted by atomic mass is 9.96. The summed E-state index contributed by atoms with van der Waals surface area (Å²) in [4.78, 5) is 2.54. The lowest BCUT2D eigenvalue weighted by molar-refractivity contribution is 0.185. The van der Waals surface area contributed by atoms with E-state index in [-0.39, 0.29) is 5.82 Å². The van der Waals surface area contributed by atoms with Crippen molar-refractivity contribution < 1.29 is 4.39 Å². The number of hydrogen-bond donors (Lipinski definition) is 0. The van der Waals surface area contributed by atoms with Crippen LogP contribution in [0.5, 0.6) is 0 Å². The molecule has 1 saturated heterocycles. The highest BCUT2D eigenvalue weighted by atomic mass is 19.1. The predicted octanol–water partition coefficient (Wildman–Crippen LogP) is 3.66. The van der Waals surface area contributed by atoms with Crippen molar-refractivity contribution in [3.63, 3.8) is 0 Å². The molecule has 1 aliphatic heterocycles. The maximum atomic E-state index is 12.8. The van der Waals surface area contributed by atoms with Gasteiger partial charge in [0.2, 0.25) is 0 Å². The Bertz CT molecular complexity index is 338. The lowest BCUT2D eigenvalue weighted by Crippen LogP contribution is -2.35. The van der Waals surface area contributed by atoms with Crippen molar-refractivity contribution in [1.29, 1.82) is 0 Å². The van der Waals surface area contributed by atoms with E-state index in [9.17, 15) is 4.39 Å². The minimum Gasteiger partial charge on any atom is -0.303 e. The highest BCUT2D eigenvalue weighted by Gasteiger charge is 2.18. The molecule has 1 fully saturated rings. The van der Waals surface area contributed by atoms with Gasteiger partial charge in [-0.3, -0.25) is 0 Å². The molecule has 2 rings (SSSR count). The summed E-state index contributed by atoms with van der Waals surface area (Å²) in [7, 11) is 0. The second-order valence-corrected chi connectivity index (χ2v) is 5.44. The third-order valence-electron chi connectivity index (χ3n) is 3.85. The third kappa shape index (κ3) is 3.53. The fraction of sp³-hybridized carbons (Fsp3) is 0.600. The van der Waals surface area contributed by atoms with E-state index in [1.807, 2.05) is 12.1 Å². The number of halogens is 1. The first-order valence-electron chi connectivity index (χ1n) is 6.63. The SMILES string of the molecule is CC1CCN(CC(C)c2ccc(F)cc2)CC1. The van der Waals surface area contributed by atoms with Gasteiger partial charge in [-0.25, -0.2) is 4.39 Å². The molecule has 0 aliphatic carbocycles. The summed E-state index contributed by atoms with van der Waals surface area (Å²) in [6.45, 7) is 8.09. The topological polar surface area (TPSA) is 3.24 Å². The van der Waals surface area contributed by atoms with Gasteiger partial charge in [0.25, 0.3) is 0 Å². The van der Waals surface area contributed by atoms with Crippen LogP contribution in [0.2, 0.25) is 0 Å². The zero-order valence-corrected chi connectivity index (χ0v) is 10.8. The minimum absolute atomic E-state index is 0.146. The van der Waals surface area contributed by atoms with Crippen molar-refractivity contribution in [2.45, 2.75) is 32.6 Å². The van der Waals surface area contributed by atoms with E-state index in [1.165, 1.54) is 31.5 Å². The summed E-state index contributed by atoms with van der Waals surface area (Å²) >= 11 is 0. The Morgan fingerprint density at radius 2 is 1.82 bits per heavy atom. The Balaban J connectivity index is 1.88. The van der Waals surface area contributed by atoms with Gasteiger partial charge in [0.1, 0.15) is 5.82 Å². The zero-order chi connectivity index (χ0) is 12.3. The van der Waals surface area contributed by atoms with Gasteiger partial charge in [0.15, 0.2) is 0 Å². The van der Waals surface area contributed by atoms with Crippen LogP contribution in [0.25, 0.3) is 0 Å². The number of piperidine rings is 1. The monoisotopic (exact) mass is 235 g/mol. The molecule has 1 aromatic rings. The standard InChI is InChI=1S/C15H22FN/c1-12-7-9-17(10-8-12)11-13(2)14-3-5-15(16)6-4-14/h3-6,12-13H,7-11H2,1-2H3. The van der Waals surface area contributed by atoms with Crippen LogP contribution in [0.1, 0.15) is 38.2 Å². The largest absolute Gasteiger partial charge is 0.303 e. The van der Waals surface area contributed by atoms with Crippen LogP contribution in [0.15, 0.2) is 24.3 Å². The van der Waals surface area contributed by atoms with E-state index in [0.717, 1.165) is 12.5 Å². The molecule has 2 heteroatoms. The number of rotatable bonds is 3. The molecule has 17 heavy (non-hydrogen) atoms. The van der Waals surface area contributed by atoms with Crippen LogP contribution in [0.3, 0.4) is 0 Å². The van der Waals surface area contributed by atoms with E-state index in [2.05, 4.69) is 18.7 Å². The van der Waals surface area contributed by atoms with Crippen molar-refractivity contribution in [3.8, 4) is 0 Å². The number of likely N-dealkylation sites (tertiary alicyclic amines) is 1. The molecule has 0 bridgehead atoms. The molecule has 94 valence electrons. The molecule has 1 aliphatic rings. The Labute approximate surface area is 104 Å². The van der Waals surface area contributed by atoms with Gasteiger partial charge in [-0.15, -0.1) is 0 Å². The molecule has 1 unspecified atom stereocenters. The Hall–Kier alpha value is -0.890. The van der Waals surface area contributed by atoms with E-state index in [1.54, 1.807) is 12.1 Å². The number of benzene rings is 1. The summed E-state index contributed by atoms with van der Waals surface area (Å²) in [6, 6.07) is 6.94. The van der Waals surface area contributed by atoms with Crippen molar-refractivity contribution in [1.82, 2.24) is 4.90 Å². The molecular formula is C15H22FN. The van der Waals surface area contributed by atoms with E-state index >= 15 is 0 Å². The fourth-order valence-corrected chi connectivity index (χ4v) is 2.53. The first-order valence-corrected chi connectivity index (χ1v) is 6.63. The van der Waals surface area contributed by atoms with Gasteiger partial charge < -0.3 is 4.90 Å². The van der Waals surface area contributed by atoms with Crippen LogP contribution >= 0.6 is 0 Å². The first kappa shape index (κ1) is 12.6. The zero-order valence-electron chi connectivity index (χ0n) is 10.8. The average Bonchev–Trinajstić information content (AvgIpc) is 2.33. The highest BCUT2D eigenvalue weighted by Crippen LogP contribution is 2.21. The normalized spacial score (nSPS) is 20.4. The summed E-state index contributed by atoms with van der Waals surface area (Å²) in [6.07, 6.45) is 2.63. The van der Waals surface area contributed by atoms with Gasteiger partial charge >= 0.3 is 0 Å². The van der Waals surface area contributed by atoms with Gasteiger partial charge in [-0.05, 0) is 55.5 Å². The van der Waals surface area contributed by atoms with E-state index in [0.29, 0.717) is 5.92 Å². The smallest absolute Gasteiger partial charge is 0.123 e. The predicted molar refractivity (Wildman–Crippen MR) is 69.7 cm³/mol. The van der Waals surface area contributed by atoms with Crippen LogP contribution in [-0.4, -0.2) is 24.5 Å². The quantitative estimate of drug-likeness (QED) is 0.773. The van der Waals surface area contributed by atoms with Crippen molar-refractivity contribution in [3.05, 3.63) is 35.6 Å². The Kier molecular flexibility index (Phi) is 4.16. The van der Waals surface area contributed by atoms with E-state index in [4.69, 9.17) is 0 Å². The Morgan fingerprint density at radius 1 is 1.24 bits per heavy atom. The molecule has 1 nitrogen and oxygen atoms in total. The summed E-state index contributed by atoms with van der Waals surface area (Å²) in [5.74, 6) is 1.23. The average molecular weight is 235 g/mol. The molecule has 0 saturated carbocycles. The first-order chi connectivity index (χ1) is 8.15.